The van der Waals surface area contributed by atoms with Crippen molar-refractivity contribution in [1.29, 1.82) is 0 Å². The van der Waals surface area contributed by atoms with Gasteiger partial charge in [-0.1, -0.05) is 23.4 Å². The fourth-order valence-electron chi connectivity index (χ4n) is 3.87. The zero-order valence-electron chi connectivity index (χ0n) is 16.5. The van der Waals surface area contributed by atoms with E-state index in [1.54, 1.807) is 12.1 Å². The molecule has 0 spiro atoms. The largest absolute Gasteiger partial charge is 0.356 e. The van der Waals surface area contributed by atoms with Crippen LogP contribution in [0.3, 0.4) is 0 Å². The summed E-state index contributed by atoms with van der Waals surface area (Å²) in [6, 6.07) is 15.8. The standard InChI is InChI=1S/C23H24FN3O2/c1-16-21(26-29-22(16)17-7-9-19(24)10-8-17)15-27-13-11-18(12-14-27)23(28)25-20-5-3-2-4-6-20/h2-10,18H,11-15H2,1H3,(H,25,28)/p+1. The molecular weight excluding hydrogens is 369 g/mol. The van der Waals surface area contributed by atoms with E-state index >= 15 is 0 Å². The molecule has 0 radical (unpaired) electrons. The van der Waals surface area contributed by atoms with Gasteiger partial charge in [0.05, 0.1) is 13.1 Å². The number of rotatable bonds is 5. The molecule has 0 aliphatic carbocycles. The lowest BCUT2D eigenvalue weighted by Crippen LogP contribution is -3.11. The molecule has 1 saturated heterocycles. The summed E-state index contributed by atoms with van der Waals surface area (Å²) in [4.78, 5) is 13.9. The Labute approximate surface area is 169 Å². The lowest BCUT2D eigenvalue weighted by molar-refractivity contribution is -0.919. The lowest BCUT2D eigenvalue weighted by Gasteiger charge is -2.28. The molecule has 1 aromatic heterocycles. The molecule has 150 valence electrons. The highest BCUT2D eigenvalue weighted by Gasteiger charge is 2.29. The minimum atomic E-state index is -0.269. The van der Waals surface area contributed by atoms with Crippen molar-refractivity contribution in [1.82, 2.24) is 5.16 Å². The summed E-state index contributed by atoms with van der Waals surface area (Å²) in [5.41, 5.74) is 3.59. The van der Waals surface area contributed by atoms with E-state index in [9.17, 15) is 9.18 Å². The number of halogens is 1. The van der Waals surface area contributed by atoms with Crippen LogP contribution < -0.4 is 10.2 Å². The normalized spacial score (nSPS) is 19.1. The smallest absolute Gasteiger partial charge is 0.227 e. The number of likely N-dealkylation sites (tertiary alicyclic amines) is 1. The first-order valence-corrected chi connectivity index (χ1v) is 10.0. The molecule has 1 aliphatic rings. The minimum Gasteiger partial charge on any atom is -0.356 e. The van der Waals surface area contributed by atoms with Crippen molar-refractivity contribution >= 4 is 11.6 Å². The summed E-state index contributed by atoms with van der Waals surface area (Å²) < 4.78 is 18.7. The maximum absolute atomic E-state index is 13.1. The molecule has 2 heterocycles. The van der Waals surface area contributed by atoms with Crippen LogP contribution in [0.5, 0.6) is 0 Å². The first-order valence-electron chi connectivity index (χ1n) is 10.0. The number of anilines is 1. The van der Waals surface area contributed by atoms with E-state index in [1.807, 2.05) is 37.3 Å². The fourth-order valence-corrected chi connectivity index (χ4v) is 3.87. The number of quaternary nitrogens is 1. The predicted molar refractivity (Wildman–Crippen MR) is 109 cm³/mol. The second-order valence-corrected chi connectivity index (χ2v) is 7.65. The molecule has 0 unspecified atom stereocenters. The first-order chi connectivity index (χ1) is 14.1. The highest BCUT2D eigenvalue weighted by atomic mass is 19.1. The number of nitrogens with zero attached hydrogens (tertiary/aromatic N) is 1. The number of aromatic nitrogens is 1. The molecule has 2 N–H and O–H groups in total. The van der Waals surface area contributed by atoms with E-state index in [1.165, 1.54) is 17.0 Å². The van der Waals surface area contributed by atoms with Gasteiger partial charge in [-0.3, -0.25) is 4.79 Å². The van der Waals surface area contributed by atoms with Gasteiger partial charge in [0, 0.05) is 35.6 Å². The van der Waals surface area contributed by atoms with Crippen LogP contribution in [-0.2, 0) is 11.3 Å². The van der Waals surface area contributed by atoms with E-state index < -0.39 is 0 Å². The van der Waals surface area contributed by atoms with Crippen molar-refractivity contribution in [2.24, 2.45) is 5.92 Å². The van der Waals surface area contributed by atoms with E-state index in [-0.39, 0.29) is 17.6 Å². The minimum absolute atomic E-state index is 0.0483. The Balaban J connectivity index is 1.33. The predicted octanol–water partition coefficient (Wildman–Crippen LogP) is 3.22. The molecule has 0 saturated carbocycles. The second-order valence-electron chi connectivity index (χ2n) is 7.65. The molecule has 0 atom stereocenters. The Hall–Kier alpha value is -2.99. The molecule has 5 nitrogen and oxygen atoms in total. The van der Waals surface area contributed by atoms with Gasteiger partial charge < -0.3 is 14.7 Å². The Kier molecular flexibility index (Phi) is 5.71. The van der Waals surface area contributed by atoms with Gasteiger partial charge in [0.15, 0.2) is 5.76 Å². The SMILES string of the molecule is Cc1c(C[NH+]2CCC(C(=O)Nc3ccccc3)CC2)noc1-c1ccc(F)cc1. The average molecular weight is 394 g/mol. The third kappa shape index (κ3) is 4.54. The molecular formula is C23H25FN3O2+. The summed E-state index contributed by atoms with van der Waals surface area (Å²) in [6.45, 7) is 4.60. The number of benzene rings is 2. The van der Waals surface area contributed by atoms with Gasteiger partial charge in [-0.15, -0.1) is 0 Å². The van der Waals surface area contributed by atoms with Gasteiger partial charge >= 0.3 is 0 Å². The molecule has 0 bridgehead atoms. The van der Waals surface area contributed by atoms with Crippen LogP contribution in [0.25, 0.3) is 11.3 Å². The molecule has 2 aromatic carbocycles. The molecule has 1 fully saturated rings. The van der Waals surface area contributed by atoms with E-state index in [4.69, 9.17) is 4.52 Å². The van der Waals surface area contributed by atoms with E-state index in [0.29, 0.717) is 5.76 Å². The maximum Gasteiger partial charge on any atom is 0.227 e. The second kappa shape index (κ2) is 8.57. The van der Waals surface area contributed by atoms with Gasteiger partial charge in [-0.25, -0.2) is 4.39 Å². The molecule has 29 heavy (non-hydrogen) atoms. The lowest BCUT2D eigenvalue weighted by atomic mass is 9.95. The van der Waals surface area contributed by atoms with Gasteiger partial charge in [-0.05, 0) is 43.3 Å². The van der Waals surface area contributed by atoms with Crippen LogP contribution in [0, 0.1) is 18.7 Å². The highest BCUT2D eigenvalue weighted by molar-refractivity contribution is 5.92. The summed E-state index contributed by atoms with van der Waals surface area (Å²) in [5, 5.41) is 7.26. The summed E-state index contributed by atoms with van der Waals surface area (Å²) >= 11 is 0. The maximum atomic E-state index is 13.1. The van der Waals surface area contributed by atoms with Crippen molar-refractivity contribution in [3.05, 3.63) is 71.7 Å². The van der Waals surface area contributed by atoms with Crippen molar-refractivity contribution < 1.29 is 18.6 Å². The van der Waals surface area contributed by atoms with Gasteiger partial charge in [0.2, 0.25) is 5.91 Å². The monoisotopic (exact) mass is 394 g/mol. The van der Waals surface area contributed by atoms with Gasteiger partial charge in [0.25, 0.3) is 0 Å². The molecule has 1 amide bonds. The van der Waals surface area contributed by atoms with Crippen molar-refractivity contribution in [3.8, 4) is 11.3 Å². The topological polar surface area (TPSA) is 59.6 Å². The number of para-hydroxylation sites is 1. The Bertz CT molecular complexity index is 962. The third-order valence-electron chi connectivity index (χ3n) is 5.65. The molecule has 4 rings (SSSR count). The van der Waals surface area contributed by atoms with Gasteiger partial charge in [-0.2, -0.15) is 0 Å². The quantitative estimate of drug-likeness (QED) is 0.699. The fraction of sp³-hybridized carbons (Fsp3) is 0.304. The average Bonchev–Trinajstić information content (AvgIpc) is 3.10. The van der Waals surface area contributed by atoms with Crippen LogP contribution in [0.4, 0.5) is 10.1 Å². The Morgan fingerprint density at radius 3 is 2.52 bits per heavy atom. The van der Waals surface area contributed by atoms with Crippen molar-refractivity contribution in [3.63, 3.8) is 0 Å². The highest BCUT2D eigenvalue weighted by Crippen LogP contribution is 2.25. The van der Waals surface area contributed by atoms with Crippen LogP contribution in [-0.4, -0.2) is 24.2 Å². The number of amides is 1. The number of hydrogen-bond donors (Lipinski definition) is 2. The van der Waals surface area contributed by atoms with Crippen LogP contribution in [0.1, 0.15) is 24.1 Å². The van der Waals surface area contributed by atoms with Crippen molar-refractivity contribution in [2.75, 3.05) is 18.4 Å². The zero-order chi connectivity index (χ0) is 20.2. The number of carbonyl (C=O) groups is 1. The first kappa shape index (κ1) is 19.3. The zero-order valence-corrected chi connectivity index (χ0v) is 16.5. The number of piperidine rings is 1. The summed E-state index contributed by atoms with van der Waals surface area (Å²) in [6.07, 6.45) is 1.71. The van der Waals surface area contributed by atoms with Gasteiger partial charge in [0.1, 0.15) is 18.1 Å². The van der Waals surface area contributed by atoms with Crippen LogP contribution in [0.15, 0.2) is 59.1 Å². The van der Waals surface area contributed by atoms with E-state index in [0.717, 1.165) is 55.0 Å². The third-order valence-corrected chi connectivity index (χ3v) is 5.65. The Morgan fingerprint density at radius 2 is 1.83 bits per heavy atom. The number of carbonyl (C=O) groups excluding carboxylic acids is 1. The van der Waals surface area contributed by atoms with Crippen molar-refractivity contribution in [2.45, 2.75) is 26.3 Å². The van der Waals surface area contributed by atoms with E-state index in [2.05, 4.69) is 10.5 Å². The number of nitrogens with one attached hydrogen (secondary N) is 2. The molecule has 3 aromatic rings. The number of hydrogen-bond acceptors (Lipinski definition) is 3. The molecule has 1 aliphatic heterocycles. The summed E-state index contributed by atoms with van der Waals surface area (Å²) in [7, 11) is 0. The Morgan fingerprint density at radius 1 is 1.14 bits per heavy atom. The van der Waals surface area contributed by atoms with Crippen LogP contribution >= 0.6 is 0 Å². The van der Waals surface area contributed by atoms with Crippen LogP contribution in [0.2, 0.25) is 0 Å². The summed E-state index contributed by atoms with van der Waals surface area (Å²) in [5.74, 6) is 0.574. The molecule has 6 heteroatoms.